The number of aromatic nitrogens is 8. The third-order valence-corrected chi connectivity index (χ3v) is 31.7. The Balaban J connectivity index is 0.000000139. The third kappa shape index (κ3) is 24.5. The monoisotopic (exact) mass is 1950 g/mol. The highest BCUT2D eigenvalue weighted by molar-refractivity contribution is 7.18. The van der Waals surface area contributed by atoms with Crippen LogP contribution in [0.2, 0.25) is 0 Å². The molecule has 36 heteroatoms. The van der Waals surface area contributed by atoms with E-state index in [1.807, 2.05) is 85.4 Å². The number of aliphatic hydroxyl groups is 4. The smallest absolute Gasteiger partial charge is 0.280 e. The Bertz CT molecular complexity index is 5560. The molecule has 0 aromatic carbocycles. The van der Waals surface area contributed by atoms with E-state index in [1.165, 1.54) is 71.0 Å². The zero-order chi connectivity index (χ0) is 98.4. The molecule has 2 aliphatic carbocycles. The zero-order valence-corrected chi connectivity index (χ0v) is 85.8. The number of hydrogen-bond donors (Lipinski definition) is 12. The van der Waals surface area contributed by atoms with Gasteiger partial charge in [0.05, 0.1) is 41.9 Å². The van der Waals surface area contributed by atoms with Crippen LogP contribution in [0.25, 0.3) is 41.8 Å². The molecule has 0 radical (unpaired) electrons. The Kier molecular flexibility index (Phi) is 30.6. The summed E-state index contributed by atoms with van der Waals surface area (Å²) in [5, 5.41) is 65.5. The molecule has 12 N–H and O–H groups in total. The van der Waals surface area contributed by atoms with Crippen LogP contribution >= 0.6 is 45.3 Å². The number of carbonyl (C=O) groups excluding carboxylic acids is 8. The maximum Gasteiger partial charge on any atom is 0.280 e. The van der Waals surface area contributed by atoms with Crippen molar-refractivity contribution in [2.75, 3.05) is 47.4 Å². The van der Waals surface area contributed by atoms with Crippen molar-refractivity contribution in [3.05, 3.63) is 114 Å². The number of amides is 8. The largest absolute Gasteiger partial charge is 0.389 e. The molecule has 8 aromatic heterocycles. The Hall–Kier alpha value is -10.1. The molecule has 8 amide bonds. The van der Waals surface area contributed by atoms with Crippen molar-refractivity contribution in [1.29, 1.82) is 0 Å². The number of nitrogens with zero attached hydrogens (tertiary/aromatic N) is 12. The first-order chi connectivity index (χ1) is 64.6. The van der Waals surface area contributed by atoms with Crippen LogP contribution in [-0.4, -0.2) is 248 Å². The van der Waals surface area contributed by atoms with Gasteiger partial charge in [-0.1, -0.05) is 12.8 Å². The van der Waals surface area contributed by atoms with Crippen LogP contribution in [0.4, 0.5) is 23.3 Å². The van der Waals surface area contributed by atoms with Crippen LogP contribution < -0.4 is 42.5 Å². The average molecular weight is 1950 g/mol. The minimum atomic E-state index is -1.04. The Morgan fingerprint density at radius 2 is 0.591 bits per heavy atom. The molecule has 1 atom stereocenters. The van der Waals surface area contributed by atoms with Crippen molar-refractivity contribution in [2.24, 2.45) is 5.92 Å². The van der Waals surface area contributed by atoms with E-state index in [0.29, 0.717) is 60.3 Å². The molecule has 16 heterocycles. The lowest BCUT2D eigenvalue weighted by molar-refractivity contribution is 0.0691. The minimum Gasteiger partial charge on any atom is -0.389 e. The van der Waals surface area contributed by atoms with Crippen molar-refractivity contribution < 1.29 is 58.8 Å². The Labute approximate surface area is 819 Å². The molecule has 8 bridgehead atoms. The second kappa shape index (κ2) is 41.4. The fraction of sp³-hybridized carbons (Fsp3) is 0.604. The third-order valence-electron chi connectivity index (χ3n) is 27.3. The Morgan fingerprint density at radius 1 is 0.350 bits per heavy atom. The molecular weight excluding hydrogens is 1810 g/mol. The molecule has 8 aromatic rings. The van der Waals surface area contributed by atoms with Gasteiger partial charge in [-0.25, -0.2) is 39.9 Å². The molecule has 18 rings (SSSR count). The van der Waals surface area contributed by atoms with Crippen molar-refractivity contribution in [3.63, 3.8) is 0 Å². The molecule has 8 aliphatic heterocycles. The predicted octanol–water partition coefficient (Wildman–Crippen LogP) is 15.7. The molecule has 137 heavy (non-hydrogen) atoms. The number of anilines is 4. The van der Waals surface area contributed by atoms with Gasteiger partial charge in [0.15, 0.2) is 20.0 Å². The van der Waals surface area contributed by atoms with E-state index < -0.39 is 34.2 Å². The maximum atomic E-state index is 13.7. The average Bonchev–Trinajstić information content (AvgIpc) is 1.62. The first-order valence-electron chi connectivity index (χ1n) is 49.0. The van der Waals surface area contributed by atoms with E-state index in [2.05, 4.69) is 110 Å². The van der Waals surface area contributed by atoms with Gasteiger partial charge < -0.3 is 82.6 Å². The fourth-order valence-electron chi connectivity index (χ4n) is 20.3. The van der Waals surface area contributed by atoms with Crippen LogP contribution in [0.1, 0.15) is 342 Å². The summed E-state index contributed by atoms with van der Waals surface area (Å²) in [5.41, 5.74) is 4.16. The van der Waals surface area contributed by atoms with Gasteiger partial charge in [-0.05, 0) is 305 Å². The second-order valence-electron chi connectivity index (χ2n) is 43.1. The molecule has 2 saturated carbocycles. The van der Waals surface area contributed by atoms with Gasteiger partial charge in [0.2, 0.25) is 0 Å². The normalized spacial score (nSPS) is 21.1. The van der Waals surface area contributed by atoms with Crippen molar-refractivity contribution in [1.82, 2.24) is 80.7 Å². The lowest BCUT2D eigenvalue weighted by atomic mass is 10.0. The van der Waals surface area contributed by atoms with E-state index in [-0.39, 0.29) is 142 Å². The number of nitrogens with one attached hydrogen (secondary N) is 8. The number of rotatable bonds is 28. The number of carbonyl (C=O) groups is 8. The second-order valence-corrected chi connectivity index (χ2v) is 47.1. The van der Waals surface area contributed by atoms with Gasteiger partial charge in [-0.2, -0.15) is 0 Å². The number of hydrogen-bond acceptors (Lipinski definition) is 28. The molecular formula is C101H138N20O12S4. The van der Waals surface area contributed by atoms with Gasteiger partial charge in [-0.3, -0.25) is 38.4 Å². The summed E-state index contributed by atoms with van der Waals surface area (Å²) in [6.45, 7) is 33.9. The lowest BCUT2D eigenvalue weighted by Gasteiger charge is -2.22. The summed E-state index contributed by atoms with van der Waals surface area (Å²) >= 11 is 4.84. The van der Waals surface area contributed by atoms with Gasteiger partial charge in [0.1, 0.15) is 46.0 Å². The SMILES string of the molecule is Cc1cc(NC(C)(C)C)ncc1-c1sc(C(=O)NCC(C)(C)O)nc1C(=O)N1C2CCC1CC2.Cc1cc(NC(C)C)ncc1-c1sc(C(=O)NCC(C)(C)O)nc1C(=O)N1C2CCC1CC2.Cc1cc(NC2CCCC2)ncc1-c1sc(C(=O)NCC(C)(C)O)nc1C(=O)N1C2CCC1CC2.Cc1cc(N[C@@H](C)C2CC2)ncc1-c1sc(C(=O)NCC(C)(C)O)nc1C(=O)N1C2CCC1CC2. The first kappa shape index (κ1) is 101. The van der Waals surface area contributed by atoms with E-state index in [4.69, 9.17) is 0 Å². The van der Waals surface area contributed by atoms with Crippen LogP contribution in [0, 0.1) is 33.6 Å². The molecule has 10 aliphatic rings. The first-order valence-corrected chi connectivity index (χ1v) is 52.2. The van der Waals surface area contributed by atoms with Gasteiger partial charge in [0.25, 0.3) is 47.3 Å². The van der Waals surface area contributed by atoms with Crippen LogP contribution in [0.3, 0.4) is 0 Å². The highest BCUT2D eigenvalue weighted by Gasteiger charge is 2.49. The molecule has 8 saturated heterocycles. The quantitative estimate of drug-likeness (QED) is 0.0217. The van der Waals surface area contributed by atoms with Crippen molar-refractivity contribution in [2.45, 2.75) is 360 Å². The minimum absolute atomic E-state index is 0.0876. The highest BCUT2D eigenvalue weighted by atomic mass is 32.1. The van der Waals surface area contributed by atoms with E-state index in [0.717, 1.165) is 183 Å². The van der Waals surface area contributed by atoms with Gasteiger partial charge in [0, 0.05) is 145 Å². The fourth-order valence-corrected chi connectivity index (χ4v) is 24.5. The summed E-state index contributed by atoms with van der Waals surface area (Å²) in [4.78, 5) is 153. The van der Waals surface area contributed by atoms with Crippen LogP contribution in [-0.2, 0) is 0 Å². The van der Waals surface area contributed by atoms with Crippen molar-refractivity contribution >= 4 is 116 Å². The maximum absolute atomic E-state index is 13.7. The number of pyridine rings is 4. The number of aryl methyl sites for hydroxylation is 4. The molecule has 738 valence electrons. The van der Waals surface area contributed by atoms with E-state index in [1.54, 1.807) is 80.2 Å². The summed E-state index contributed by atoms with van der Waals surface area (Å²) in [6, 6.07) is 11.2. The summed E-state index contributed by atoms with van der Waals surface area (Å²) < 4.78 is 0. The molecule has 0 unspecified atom stereocenters. The lowest BCUT2D eigenvalue weighted by Crippen LogP contribution is -2.38. The summed E-state index contributed by atoms with van der Waals surface area (Å²) in [5.74, 6) is 1.97. The topological polar surface area (TPSA) is 430 Å². The van der Waals surface area contributed by atoms with Gasteiger partial charge >= 0.3 is 0 Å². The number of thiazole rings is 4. The van der Waals surface area contributed by atoms with E-state index in [9.17, 15) is 58.8 Å². The standard InChI is InChI=1S/2C26H35N5O3S.C25H35N5O3S.C24H33N5O3S/c1-14-11-20(29-15(2)16-5-6-16)27-12-19(14)22-21(25(33)31-17-7-8-18(31)10-9-17)30-24(35-22)23(32)28-13-26(3,4)34;1-15-12-20(29-16-6-4-5-7-16)27-13-19(15)22-21(25(33)31-17-8-9-18(31)11-10-17)30-24(35-22)23(32)28-14-26(2,3)34;1-14-11-18(29-24(2,3)4)26-12-17(14)20-19(23(32)30-15-7-8-16(30)10-9-15)28-22(34-20)21(31)27-13-25(5,6)33;1-13(2)27-18-10-14(3)17(11-25-18)20-19(23(31)29-15-6-7-16(29)9-8-15)28-22(33-20)21(30)26-12-24(4,5)32/h11-12,15-18,34H,5-10,13H2,1-4H3,(H,27,29)(H,28,32);12-13,16-18,34H,4-11,14H2,1-3H3,(H,27,29)(H,28,32);11-12,15-16,33H,7-10,13H2,1-6H3,(H,26,29)(H,27,31);10-11,13,15-16,32H,6-9,12H2,1-5H3,(H,25,27)(H,26,30)/t15-,17?,18?;;;/m0.../s1. The highest BCUT2D eigenvalue weighted by Crippen LogP contribution is 2.48. The van der Waals surface area contributed by atoms with Crippen LogP contribution in [0.15, 0.2) is 49.1 Å². The van der Waals surface area contributed by atoms with Gasteiger partial charge in [-0.15, -0.1) is 45.3 Å². The molecule has 0 spiro atoms. The van der Waals surface area contributed by atoms with Crippen molar-refractivity contribution in [3.8, 4) is 41.8 Å². The number of fused-ring (bicyclic) bond motifs is 8. The summed E-state index contributed by atoms with van der Waals surface area (Å²) in [6.07, 6.45) is 31.0. The van der Waals surface area contributed by atoms with Crippen LogP contribution in [0.5, 0.6) is 0 Å². The summed E-state index contributed by atoms with van der Waals surface area (Å²) in [7, 11) is 0. The Morgan fingerprint density at radius 3 is 0.832 bits per heavy atom. The zero-order valence-electron chi connectivity index (χ0n) is 82.5. The van der Waals surface area contributed by atoms with E-state index >= 15 is 0 Å². The predicted molar refractivity (Wildman–Crippen MR) is 538 cm³/mol. The molecule has 32 nitrogen and oxygen atoms in total. The molecule has 10 fully saturated rings.